The molecule has 0 aliphatic carbocycles. The zero-order valence-electron chi connectivity index (χ0n) is 21.4. The van der Waals surface area contributed by atoms with Gasteiger partial charge in [-0.15, -0.1) is 0 Å². The number of alkyl halides is 3. The second-order valence-electron chi connectivity index (χ2n) is 9.26. The number of H-pyrrole nitrogens is 1. The van der Waals surface area contributed by atoms with Crippen molar-refractivity contribution in [3.8, 4) is 11.8 Å². The van der Waals surface area contributed by atoms with Crippen molar-refractivity contribution in [3.63, 3.8) is 0 Å². The van der Waals surface area contributed by atoms with E-state index in [9.17, 15) is 18.0 Å². The van der Waals surface area contributed by atoms with Gasteiger partial charge in [-0.05, 0) is 47.6 Å². The molecular weight excluding hydrogens is 527 g/mol. The first-order valence-electron chi connectivity index (χ1n) is 12.3. The van der Waals surface area contributed by atoms with E-state index in [0.29, 0.717) is 35.2 Å². The molecule has 1 saturated heterocycles. The number of nitrogens with one attached hydrogen (secondary N) is 4. The molecule has 0 bridgehead atoms. The minimum atomic E-state index is -4.58. The highest BCUT2D eigenvalue weighted by molar-refractivity contribution is 7.16. The van der Waals surface area contributed by atoms with Crippen LogP contribution in [0.5, 0.6) is 0 Å². The monoisotopic (exact) mass is 555 g/mol. The summed E-state index contributed by atoms with van der Waals surface area (Å²) < 4.78 is 41.4. The summed E-state index contributed by atoms with van der Waals surface area (Å²) in [5.74, 6) is 5.85. The van der Waals surface area contributed by atoms with Gasteiger partial charge in [0.2, 0.25) is 0 Å². The number of thiazole rings is 1. The van der Waals surface area contributed by atoms with Crippen LogP contribution in [0.4, 0.5) is 18.3 Å². The number of benzene rings is 1. The Morgan fingerprint density at radius 2 is 2.00 bits per heavy atom. The number of carbonyl (C=O) groups is 1. The maximum Gasteiger partial charge on any atom is 0.416 e. The lowest BCUT2D eigenvalue weighted by Crippen LogP contribution is -2.43. The number of nitrogens with zero attached hydrogens (tertiary/aromatic N) is 3. The van der Waals surface area contributed by atoms with E-state index in [-0.39, 0.29) is 28.7 Å². The van der Waals surface area contributed by atoms with Gasteiger partial charge < -0.3 is 15.7 Å². The average molecular weight is 556 g/mol. The molecular formula is C27H28F3N7OS. The van der Waals surface area contributed by atoms with Crippen LogP contribution in [0.3, 0.4) is 0 Å². The maximum absolute atomic E-state index is 13.8. The van der Waals surface area contributed by atoms with Crippen LogP contribution in [0.15, 0.2) is 36.7 Å². The summed E-state index contributed by atoms with van der Waals surface area (Å²) in [5.41, 5.74) is 0.278. The van der Waals surface area contributed by atoms with E-state index in [2.05, 4.69) is 37.4 Å². The van der Waals surface area contributed by atoms with E-state index in [4.69, 9.17) is 5.41 Å². The lowest BCUT2D eigenvalue weighted by Gasteiger charge is -2.28. The van der Waals surface area contributed by atoms with Gasteiger partial charge in [0.1, 0.15) is 11.5 Å². The van der Waals surface area contributed by atoms with Crippen molar-refractivity contribution < 1.29 is 18.0 Å². The molecule has 2 aromatic heterocycles. The minimum Gasteiger partial charge on any atom is -0.332 e. The Balaban J connectivity index is 1.41. The van der Waals surface area contributed by atoms with Gasteiger partial charge in [-0.1, -0.05) is 31.3 Å². The Hall–Kier alpha value is -3.79. The van der Waals surface area contributed by atoms with Gasteiger partial charge >= 0.3 is 6.18 Å². The van der Waals surface area contributed by atoms with Gasteiger partial charge in [-0.3, -0.25) is 15.0 Å². The molecule has 8 nitrogen and oxygen atoms in total. The zero-order valence-corrected chi connectivity index (χ0v) is 22.3. The molecule has 4 rings (SSSR count). The van der Waals surface area contributed by atoms with Gasteiger partial charge in [0, 0.05) is 44.0 Å². The topological polar surface area (TPSA) is 110 Å². The van der Waals surface area contributed by atoms with E-state index in [1.54, 1.807) is 18.3 Å². The highest BCUT2D eigenvalue weighted by Crippen LogP contribution is 2.33. The smallest absolute Gasteiger partial charge is 0.332 e. The molecule has 12 heteroatoms. The van der Waals surface area contributed by atoms with Crippen LogP contribution in [0.25, 0.3) is 6.08 Å². The summed E-state index contributed by atoms with van der Waals surface area (Å²) in [6.07, 6.45) is 1.85. The SMILES string of the molecule is CC(C)C(=N)/C=C\c1ncc(C#Cc2cnc(NC(=O)c3ccc(CN4CCNCC4)c(C(F)(F)F)c3)s2)[nH]1. The number of aromatic amines is 1. The highest BCUT2D eigenvalue weighted by atomic mass is 32.1. The van der Waals surface area contributed by atoms with E-state index >= 15 is 0 Å². The first-order chi connectivity index (χ1) is 18.6. The number of halogens is 3. The minimum absolute atomic E-state index is 0.0992. The Kier molecular flexibility index (Phi) is 8.96. The molecule has 204 valence electrons. The summed E-state index contributed by atoms with van der Waals surface area (Å²) >= 11 is 1.11. The first-order valence-corrected chi connectivity index (χ1v) is 13.1. The maximum atomic E-state index is 13.8. The summed E-state index contributed by atoms with van der Waals surface area (Å²) in [4.78, 5) is 26.6. The number of piperazine rings is 1. The summed E-state index contributed by atoms with van der Waals surface area (Å²) in [6, 6.07) is 3.68. The molecule has 1 aliphatic rings. The number of carbonyl (C=O) groups excluding carboxylic acids is 1. The molecule has 0 spiro atoms. The molecule has 3 heterocycles. The van der Waals surface area contributed by atoms with E-state index in [0.717, 1.165) is 30.5 Å². The fraction of sp³-hybridized carbons (Fsp3) is 0.333. The number of allylic oxidation sites excluding steroid dienone is 1. The van der Waals surface area contributed by atoms with E-state index < -0.39 is 17.6 Å². The fourth-order valence-electron chi connectivity index (χ4n) is 3.76. The van der Waals surface area contributed by atoms with Crippen molar-refractivity contribution in [1.82, 2.24) is 25.2 Å². The van der Waals surface area contributed by atoms with Crippen LogP contribution in [0, 0.1) is 23.2 Å². The van der Waals surface area contributed by atoms with Gasteiger partial charge in [0.05, 0.1) is 22.8 Å². The third-order valence-corrected chi connectivity index (χ3v) is 6.79. The predicted molar refractivity (Wildman–Crippen MR) is 146 cm³/mol. The third kappa shape index (κ3) is 7.86. The Labute approximate surface area is 228 Å². The Bertz CT molecular complexity index is 1420. The normalized spacial score (nSPS) is 14.4. The van der Waals surface area contributed by atoms with Crippen LogP contribution in [0.1, 0.15) is 51.7 Å². The molecule has 39 heavy (non-hydrogen) atoms. The third-order valence-electron chi connectivity index (χ3n) is 5.97. The second kappa shape index (κ2) is 12.4. The molecule has 3 aromatic rings. The van der Waals surface area contributed by atoms with Gasteiger partial charge in [0.25, 0.3) is 5.91 Å². The fourth-order valence-corrected chi connectivity index (χ4v) is 4.43. The number of hydrogen-bond donors (Lipinski definition) is 4. The first kappa shape index (κ1) is 28.2. The van der Waals surface area contributed by atoms with Gasteiger partial charge in [-0.2, -0.15) is 13.2 Å². The molecule has 0 saturated carbocycles. The quantitative estimate of drug-likeness (QED) is 0.251. The van der Waals surface area contributed by atoms with Crippen LogP contribution in [0.2, 0.25) is 0 Å². The molecule has 1 aromatic carbocycles. The van der Waals surface area contributed by atoms with Crippen LogP contribution in [-0.2, 0) is 12.7 Å². The highest BCUT2D eigenvalue weighted by Gasteiger charge is 2.34. The zero-order chi connectivity index (χ0) is 28.0. The Morgan fingerprint density at radius 3 is 2.72 bits per heavy atom. The molecule has 1 fully saturated rings. The van der Waals surface area contributed by atoms with Crippen LogP contribution < -0.4 is 10.6 Å². The number of anilines is 1. The molecule has 0 radical (unpaired) electrons. The average Bonchev–Trinajstić information content (AvgIpc) is 3.55. The van der Waals surface area contributed by atoms with Crippen LogP contribution in [-0.4, -0.2) is 57.6 Å². The number of amides is 1. The number of imidazole rings is 1. The largest absolute Gasteiger partial charge is 0.416 e. The molecule has 0 atom stereocenters. The van der Waals surface area contributed by atoms with Crippen molar-refractivity contribution in [2.24, 2.45) is 5.92 Å². The summed E-state index contributed by atoms with van der Waals surface area (Å²) in [6.45, 7) is 6.82. The lowest BCUT2D eigenvalue weighted by molar-refractivity contribution is -0.138. The molecule has 1 amide bonds. The van der Waals surface area contributed by atoms with Crippen molar-refractivity contribution in [1.29, 1.82) is 5.41 Å². The predicted octanol–water partition coefficient (Wildman–Crippen LogP) is 4.63. The van der Waals surface area contributed by atoms with E-state index in [1.807, 2.05) is 18.7 Å². The molecule has 4 N–H and O–H groups in total. The van der Waals surface area contributed by atoms with Crippen molar-refractivity contribution in [2.45, 2.75) is 26.6 Å². The summed E-state index contributed by atoms with van der Waals surface area (Å²) in [7, 11) is 0. The number of aromatic nitrogens is 3. The van der Waals surface area contributed by atoms with Crippen LogP contribution >= 0.6 is 11.3 Å². The van der Waals surface area contributed by atoms with Gasteiger partial charge in [-0.25, -0.2) is 9.97 Å². The van der Waals surface area contributed by atoms with Crippen molar-refractivity contribution in [3.05, 3.63) is 69.8 Å². The second-order valence-corrected chi connectivity index (χ2v) is 10.3. The summed E-state index contributed by atoms with van der Waals surface area (Å²) in [5, 5.41) is 13.8. The molecule has 0 unspecified atom stereocenters. The number of hydrogen-bond acceptors (Lipinski definition) is 7. The lowest BCUT2D eigenvalue weighted by atomic mass is 10.0. The van der Waals surface area contributed by atoms with Crippen molar-refractivity contribution >= 4 is 34.2 Å². The standard InChI is InChI=1S/C27H28F3N7OS/c1-17(2)23(31)7-8-24-33-14-20(35-24)5-6-21-15-34-26(39-21)36-25(38)18-3-4-19(22(13-18)27(28,29)30)16-37-11-9-32-10-12-37/h3-4,7-8,13-15,17,31-32H,9-12,16H2,1-2H3,(H,33,35)(H,34,36,38)/b8-7-,31-23?. The molecule has 1 aliphatic heterocycles. The van der Waals surface area contributed by atoms with Gasteiger partial charge in [0.15, 0.2) is 5.13 Å². The number of rotatable bonds is 7. The van der Waals surface area contributed by atoms with E-state index in [1.165, 1.54) is 18.3 Å². The van der Waals surface area contributed by atoms with Crippen molar-refractivity contribution in [2.75, 3.05) is 31.5 Å². The Morgan fingerprint density at radius 1 is 1.23 bits per heavy atom.